The summed E-state index contributed by atoms with van der Waals surface area (Å²) in [6, 6.07) is 65.7. The topological polar surface area (TPSA) is 35.9 Å². The average molecular weight is 1230 g/mol. The van der Waals surface area contributed by atoms with Crippen LogP contribution in [0.15, 0.2) is 164 Å². The second-order valence-electron chi connectivity index (χ2n) is 27.1. The van der Waals surface area contributed by atoms with Gasteiger partial charge in [0, 0.05) is 44.3 Å². The van der Waals surface area contributed by atoms with Crippen molar-refractivity contribution in [2.75, 3.05) is 0 Å². The molecule has 0 saturated carbocycles. The number of hydrogen-bond donors (Lipinski definition) is 0. The third-order valence-corrected chi connectivity index (χ3v) is 16.1. The number of imidazole rings is 1. The second kappa shape index (κ2) is 19.4. The Labute approximate surface area is 488 Å². The molecule has 0 saturated heterocycles. The SMILES string of the molecule is CC(C)(C)c1cc(-c2cc(C(C)(C)C)cc3c2-[n+]2[c-]n(-c4[c-]c(Oc5[c-]c6c(cc5)c5ccccc5n6-c5cc(C(C)(C)C)ccn5)ccc4)c4cc(C(C)(C)C)cc(c42)-c2ccccc2-c2ccccc2-3)cc(C(C)(C)C)c1.[Pt]. The largest absolute Gasteiger partial charge is 0.510 e. The zero-order chi connectivity index (χ0) is 55.7. The molecule has 0 spiro atoms. The van der Waals surface area contributed by atoms with Gasteiger partial charge in [-0.05, 0) is 135 Å². The third kappa shape index (κ3) is 9.64. The van der Waals surface area contributed by atoms with Crippen LogP contribution in [0.3, 0.4) is 0 Å². The summed E-state index contributed by atoms with van der Waals surface area (Å²) < 4.78 is 13.7. The van der Waals surface area contributed by atoms with Gasteiger partial charge in [0.15, 0.2) is 0 Å². The van der Waals surface area contributed by atoms with E-state index in [-0.39, 0.29) is 48.1 Å². The van der Waals surface area contributed by atoms with Gasteiger partial charge < -0.3 is 13.9 Å². The Morgan fingerprint density at radius 3 is 1.57 bits per heavy atom. The molecule has 0 N–H and O–H groups in total. The Bertz CT molecular complexity index is 4210. The molecule has 0 radical (unpaired) electrons. The van der Waals surface area contributed by atoms with Crippen molar-refractivity contribution in [2.24, 2.45) is 0 Å². The molecule has 8 aromatic carbocycles. The predicted octanol–water partition coefficient (Wildman–Crippen LogP) is 19.1. The summed E-state index contributed by atoms with van der Waals surface area (Å²) in [4.78, 5) is 4.93. The monoisotopic (exact) mass is 1230 g/mol. The van der Waals surface area contributed by atoms with Gasteiger partial charge in [-0.2, -0.15) is 18.2 Å². The van der Waals surface area contributed by atoms with Crippen molar-refractivity contribution in [1.82, 2.24) is 14.1 Å². The second-order valence-corrected chi connectivity index (χ2v) is 27.1. The molecule has 406 valence electrons. The van der Waals surface area contributed by atoms with Crippen LogP contribution in [0.2, 0.25) is 0 Å². The normalized spacial score (nSPS) is 12.8. The van der Waals surface area contributed by atoms with Crippen LogP contribution in [0.5, 0.6) is 11.5 Å². The first-order valence-corrected chi connectivity index (χ1v) is 28.0. The molecule has 0 atom stereocenters. The summed E-state index contributed by atoms with van der Waals surface area (Å²) in [6.07, 6.45) is 6.01. The Hall–Kier alpha value is -7.33. The van der Waals surface area contributed by atoms with E-state index in [0.717, 1.165) is 66.7 Å². The Kier molecular flexibility index (Phi) is 13.3. The standard InChI is InChI=1S/C74H72N4O.Pt/c1-70(2,3)47-33-34-75-67(42-47)78-64-30-21-20-29-59(64)60-32-31-54(44-65(60)78)79-53-24-22-23-52(43-53)76-45-77-68-61(46-35-48(71(4,5)6)37-49(36-46)72(7,8)9)38-50(73(10,11)12)39-62(68)57-27-18-16-25-55(57)56-26-17-19-28-58(56)63-40-51(74(13,14)15)41-66(76)69(63)77;/h16-42H,1-15H3;/q-2;. The third-order valence-electron chi connectivity index (χ3n) is 16.1. The van der Waals surface area contributed by atoms with Crippen molar-refractivity contribution in [1.29, 1.82) is 0 Å². The number of benzene rings is 8. The van der Waals surface area contributed by atoms with Gasteiger partial charge in [-0.3, -0.25) is 4.57 Å². The molecular formula is C74H72N4OPt-2. The summed E-state index contributed by atoms with van der Waals surface area (Å²) in [5, 5.41) is 2.22. The van der Waals surface area contributed by atoms with Crippen molar-refractivity contribution in [3.05, 3.63) is 210 Å². The zero-order valence-electron chi connectivity index (χ0n) is 49.1. The maximum Gasteiger partial charge on any atom is 0.268 e. The molecule has 0 bridgehead atoms. The van der Waals surface area contributed by atoms with Crippen LogP contribution in [-0.2, 0) is 48.1 Å². The average Bonchev–Trinajstić information content (AvgIpc) is 4.19. The van der Waals surface area contributed by atoms with Gasteiger partial charge in [0.05, 0.1) is 16.7 Å². The van der Waals surface area contributed by atoms with Crippen LogP contribution in [0, 0.1) is 18.5 Å². The number of aromatic nitrogens is 4. The van der Waals surface area contributed by atoms with Crippen LogP contribution in [-0.4, -0.2) is 14.1 Å². The summed E-state index contributed by atoms with van der Waals surface area (Å²) in [6.45, 7) is 34.6. The first-order valence-electron chi connectivity index (χ1n) is 28.0. The van der Waals surface area contributed by atoms with E-state index in [1.165, 1.54) is 55.6 Å². The van der Waals surface area contributed by atoms with Gasteiger partial charge in [0.25, 0.3) is 6.33 Å². The molecule has 5 nitrogen and oxygen atoms in total. The maximum absolute atomic E-state index is 6.89. The van der Waals surface area contributed by atoms with E-state index in [1.54, 1.807) is 0 Å². The van der Waals surface area contributed by atoms with Crippen molar-refractivity contribution < 1.29 is 30.4 Å². The fourth-order valence-electron chi connectivity index (χ4n) is 11.4. The van der Waals surface area contributed by atoms with Crippen molar-refractivity contribution in [3.63, 3.8) is 0 Å². The molecule has 1 aliphatic heterocycles. The number of ether oxygens (including phenoxy) is 1. The minimum absolute atomic E-state index is 0. The molecule has 12 rings (SSSR count). The first-order chi connectivity index (χ1) is 37.3. The molecule has 0 fully saturated rings. The molecule has 4 heterocycles. The van der Waals surface area contributed by atoms with Crippen molar-refractivity contribution >= 4 is 32.8 Å². The zero-order valence-corrected chi connectivity index (χ0v) is 51.4. The van der Waals surface area contributed by atoms with E-state index >= 15 is 0 Å². The number of para-hydroxylation sites is 1. The quantitative estimate of drug-likeness (QED) is 0.127. The van der Waals surface area contributed by atoms with Gasteiger partial charge in [-0.25, -0.2) is 4.98 Å². The van der Waals surface area contributed by atoms with Gasteiger partial charge >= 0.3 is 0 Å². The molecule has 0 amide bonds. The van der Waals surface area contributed by atoms with Crippen molar-refractivity contribution in [2.45, 2.75) is 131 Å². The molecule has 11 aromatic rings. The molecule has 3 aromatic heterocycles. The number of fused-ring (bicyclic) bond motifs is 10. The Balaban J connectivity index is 0.00000675. The summed E-state index contributed by atoms with van der Waals surface area (Å²) in [5.41, 5.74) is 21.1. The molecular weight excluding hydrogens is 1160 g/mol. The minimum atomic E-state index is -0.188. The van der Waals surface area contributed by atoms with E-state index in [0.29, 0.717) is 11.5 Å². The van der Waals surface area contributed by atoms with Gasteiger partial charge in [-0.15, -0.1) is 29.7 Å². The van der Waals surface area contributed by atoms with Crippen molar-refractivity contribution in [3.8, 4) is 73.2 Å². The summed E-state index contributed by atoms with van der Waals surface area (Å²) >= 11 is 0. The van der Waals surface area contributed by atoms with Crippen LogP contribution < -0.4 is 9.30 Å². The minimum Gasteiger partial charge on any atom is -0.510 e. The first kappa shape index (κ1) is 54.6. The van der Waals surface area contributed by atoms with E-state index in [1.807, 2.05) is 18.3 Å². The molecule has 0 aliphatic carbocycles. The van der Waals surface area contributed by atoms with Gasteiger partial charge in [-0.1, -0.05) is 213 Å². The Morgan fingerprint density at radius 2 is 0.950 bits per heavy atom. The predicted molar refractivity (Wildman–Crippen MR) is 329 cm³/mol. The number of rotatable bonds is 5. The van der Waals surface area contributed by atoms with E-state index < -0.39 is 0 Å². The number of nitrogens with zero attached hydrogens (tertiary/aromatic N) is 4. The fraction of sp³-hybridized carbons (Fsp3) is 0.270. The Morgan fingerprint density at radius 1 is 0.425 bits per heavy atom. The smallest absolute Gasteiger partial charge is 0.268 e. The van der Waals surface area contributed by atoms with Crippen LogP contribution in [0.25, 0.3) is 94.5 Å². The van der Waals surface area contributed by atoms with Crippen LogP contribution >= 0.6 is 0 Å². The molecule has 80 heavy (non-hydrogen) atoms. The molecule has 0 unspecified atom stereocenters. The molecule has 1 aliphatic rings. The molecule has 6 heteroatoms. The van der Waals surface area contributed by atoms with E-state index in [2.05, 4.69) is 282 Å². The van der Waals surface area contributed by atoms with Gasteiger partial charge in [0.2, 0.25) is 0 Å². The number of pyridine rings is 1. The number of hydrogen-bond acceptors (Lipinski definition) is 2. The summed E-state index contributed by atoms with van der Waals surface area (Å²) in [7, 11) is 0. The maximum atomic E-state index is 6.89. The summed E-state index contributed by atoms with van der Waals surface area (Å²) in [5.74, 6) is 2.01. The van der Waals surface area contributed by atoms with Crippen LogP contribution in [0.1, 0.15) is 132 Å². The van der Waals surface area contributed by atoms with E-state index in [9.17, 15) is 0 Å². The van der Waals surface area contributed by atoms with Crippen LogP contribution in [0.4, 0.5) is 0 Å². The van der Waals surface area contributed by atoms with Gasteiger partial charge in [0.1, 0.15) is 5.82 Å². The fourth-order valence-corrected chi connectivity index (χ4v) is 11.4. The van der Waals surface area contributed by atoms with E-state index in [4.69, 9.17) is 9.72 Å².